The highest BCUT2D eigenvalue weighted by molar-refractivity contribution is 5.44. The zero-order valence-electron chi connectivity index (χ0n) is 10.2. The summed E-state index contributed by atoms with van der Waals surface area (Å²) in [5.74, 6) is 0.493. The van der Waals surface area contributed by atoms with Crippen molar-refractivity contribution < 1.29 is 5.11 Å². The summed E-state index contributed by atoms with van der Waals surface area (Å²) in [6.07, 6.45) is 4.78. The van der Waals surface area contributed by atoms with Crippen LogP contribution in [0.3, 0.4) is 0 Å². The summed E-state index contributed by atoms with van der Waals surface area (Å²) in [6.45, 7) is 5.17. The van der Waals surface area contributed by atoms with E-state index in [9.17, 15) is 5.11 Å². The van der Waals surface area contributed by atoms with Crippen molar-refractivity contribution in [3.63, 3.8) is 0 Å². The fourth-order valence-corrected chi connectivity index (χ4v) is 2.46. The summed E-state index contributed by atoms with van der Waals surface area (Å²) in [5.41, 5.74) is 3.31. The van der Waals surface area contributed by atoms with Crippen molar-refractivity contribution in [2.75, 3.05) is 6.54 Å². The predicted molar refractivity (Wildman–Crippen MR) is 66.9 cm³/mol. The Morgan fingerprint density at radius 3 is 2.69 bits per heavy atom. The Hall–Kier alpha value is -1.02. The topological polar surface area (TPSA) is 32.3 Å². The Labute approximate surface area is 97.7 Å². The van der Waals surface area contributed by atoms with Gasteiger partial charge in [0.2, 0.25) is 0 Å². The molecule has 1 unspecified atom stereocenters. The Morgan fingerprint density at radius 1 is 1.25 bits per heavy atom. The van der Waals surface area contributed by atoms with Gasteiger partial charge in [0.05, 0.1) is 0 Å². The van der Waals surface area contributed by atoms with E-state index < -0.39 is 0 Å². The van der Waals surface area contributed by atoms with E-state index in [2.05, 4.69) is 18.3 Å². The minimum absolute atomic E-state index is 0.493. The van der Waals surface area contributed by atoms with E-state index in [-0.39, 0.29) is 0 Å². The van der Waals surface area contributed by atoms with Gasteiger partial charge in [0.25, 0.3) is 0 Å². The van der Waals surface area contributed by atoms with Gasteiger partial charge in [-0.3, -0.25) is 0 Å². The molecule has 1 saturated heterocycles. The summed E-state index contributed by atoms with van der Waals surface area (Å²) >= 11 is 0. The molecule has 2 nitrogen and oxygen atoms in total. The second-order valence-corrected chi connectivity index (χ2v) is 4.88. The molecule has 2 heteroatoms. The number of benzene rings is 1. The molecule has 1 fully saturated rings. The van der Waals surface area contributed by atoms with Crippen LogP contribution in [0.2, 0.25) is 0 Å². The van der Waals surface area contributed by atoms with Crippen LogP contribution in [-0.4, -0.2) is 17.7 Å². The highest BCUT2D eigenvalue weighted by Crippen LogP contribution is 2.27. The van der Waals surface area contributed by atoms with E-state index in [4.69, 9.17) is 0 Å². The molecule has 0 bridgehead atoms. The van der Waals surface area contributed by atoms with Crippen molar-refractivity contribution in [1.29, 1.82) is 0 Å². The zero-order chi connectivity index (χ0) is 11.5. The molecule has 0 radical (unpaired) electrons. The SMILES string of the molecule is Cc1ccc(C)c(CC2CCCCN2)c1O. The largest absolute Gasteiger partial charge is 0.507 e. The Kier molecular flexibility index (Phi) is 3.49. The number of phenols is 1. The molecule has 1 aliphatic heterocycles. The van der Waals surface area contributed by atoms with E-state index >= 15 is 0 Å². The number of nitrogens with one attached hydrogen (secondary N) is 1. The first kappa shape index (κ1) is 11.5. The molecule has 0 spiro atoms. The quantitative estimate of drug-likeness (QED) is 0.801. The molecular formula is C14H21NO. The number of aromatic hydroxyl groups is 1. The molecule has 1 aromatic rings. The molecule has 1 aromatic carbocycles. The maximum absolute atomic E-state index is 10.1. The number of rotatable bonds is 2. The monoisotopic (exact) mass is 219 g/mol. The minimum Gasteiger partial charge on any atom is -0.507 e. The van der Waals surface area contributed by atoms with Crippen molar-refractivity contribution >= 4 is 0 Å². The van der Waals surface area contributed by atoms with Gasteiger partial charge in [-0.05, 0) is 56.3 Å². The molecule has 1 heterocycles. The van der Waals surface area contributed by atoms with Crippen LogP contribution in [-0.2, 0) is 6.42 Å². The highest BCUT2D eigenvalue weighted by atomic mass is 16.3. The lowest BCUT2D eigenvalue weighted by molar-refractivity contribution is 0.390. The summed E-state index contributed by atoms with van der Waals surface area (Å²) in [5, 5.41) is 13.6. The molecule has 16 heavy (non-hydrogen) atoms. The van der Waals surface area contributed by atoms with Crippen LogP contribution < -0.4 is 5.32 Å². The lowest BCUT2D eigenvalue weighted by Crippen LogP contribution is -2.35. The maximum atomic E-state index is 10.1. The molecule has 1 aliphatic rings. The third-order valence-electron chi connectivity index (χ3n) is 3.58. The summed E-state index contributed by atoms with van der Waals surface area (Å²) in [4.78, 5) is 0. The van der Waals surface area contributed by atoms with Crippen molar-refractivity contribution in [1.82, 2.24) is 5.32 Å². The molecule has 0 amide bonds. The zero-order valence-corrected chi connectivity index (χ0v) is 10.2. The van der Waals surface area contributed by atoms with Gasteiger partial charge in [-0.15, -0.1) is 0 Å². The van der Waals surface area contributed by atoms with Gasteiger partial charge in [0, 0.05) is 6.04 Å². The van der Waals surface area contributed by atoms with Gasteiger partial charge in [-0.1, -0.05) is 18.6 Å². The Balaban J connectivity index is 2.16. The number of hydrogen-bond acceptors (Lipinski definition) is 2. The van der Waals surface area contributed by atoms with Gasteiger partial charge >= 0.3 is 0 Å². The van der Waals surface area contributed by atoms with Crippen molar-refractivity contribution in [3.8, 4) is 5.75 Å². The van der Waals surface area contributed by atoms with E-state index in [1.807, 2.05) is 13.0 Å². The second-order valence-electron chi connectivity index (χ2n) is 4.88. The molecule has 0 aliphatic carbocycles. The number of aryl methyl sites for hydroxylation is 2. The molecule has 2 rings (SSSR count). The van der Waals surface area contributed by atoms with Gasteiger partial charge in [-0.2, -0.15) is 0 Å². The Morgan fingerprint density at radius 2 is 2.00 bits per heavy atom. The number of piperidine rings is 1. The van der Waals surface area contributed by atoms with Crippen LogP contribution in [0.1, 0.15) is 36.0 Å². The molecular weight excluding hydrogens is 198 g/mol. The fourth-order valence-electron chi connectivity index (χ4n) is 2.46. The van der Waals surface area contributed by atoms with Crippen LogP contribution >= 0.6 is 0 Å². The average molecular weight is 219 g/mol. The molecule has 2 N–H and O–H groups in total. The van der Waals surface area contributed by atoms with Crippen molar-refractivity contribution in [2.45, 2.75) is 45.6 Å². The first-order chi connectivity index (χ1) is 7.68. The number of phenolic OH excluding ortho intramolecular Hbond substituents is 1. The Bertz CT molecular complexity index is 367. The first-order valence-corrected chi connectivity index (χ1v) is 6.20. The average Bonchev–Trinajstić information content (AvgIpc) is 2.31. The second kappa shape index (κ2) is 4.88. The van der Waals surface area contributed by atoms with Crippen LogP contribution in [0, 0.1) is 13.8 Å². The van der Waals surface area contributed by atoms with Gasteiger partial charge in [-0.25, -0.2) is 0 Å². The minimum atomic E-state index is 0.493. The van der Waals surface area contributed by atoms with E-state index in [0.717, 1.165) is 24.1 Å². The summed E-state index contributed by atoms with van der Waals surface area (Å²) < 4.78 is 0. The van der Waals surface area contributed by atoms with Crippen LogP contribution in [0.15, 0.2) is 12.1 Å². The number of hydrogen-bond donors (Lipinski definition) is 2. The standard InChI is InChI=1S/C14H21NO/c1-10-6-7-11(2)14(16)13(10)9-12-5-3-4-8-15-12/h6-7,12,15-16H,3-5,8-9H2,1-2H3. The third-order valence-corrected chi connectivity index (χ3v) is 3.58. The van der Waals surface area contributed by atoms with Crippen LogP contribution in [0.25, 0.3) is 0 Å². The smallest absolute Gasteiger partial charge is 0.121 e. The highest BCUT2D eigenvalue weighted by Gasteiger charge is 2.16. The van der Waals surface area contributed by atoms with Crippen molar-refractivity contribution in [3.05, 3.63) is 28.8 Å². The normalized spacial score (nSPS) is 21.0. The van der Waals surface area contributed by atoms with E-state index in [0.29, 0.717) is 11.8 Å². The van der Waals surface area contributed by atoms with Gasteiger partial charge in [0.15, 0.2) is 0 Å². The van der Waals surface area contributed by atoms with E-state index in [1.165, 1.54) is 24.8 Å². The fraction of sp³-hybridized carbons (Fsp3) is 0.571. The third kappa shape index (κ3) is 2.38. The van der Waals surface area contributed by atoms with Crippen LogP contribution in [0.4, 0.5) is 0 Å². The molecule has 0 saturated carbocycles. The summed E-state index contributed by atoms with van der Waals surface area (Å²) in [6, 6.07) is 4.63. The maximum Gasteiger partial charge on any atom is 0.121 e. The van der Waals surface area contributed by atoms with Gasteiger partial charge in [0.1, 0.15) is 5.75 Å². The first-order valence-electron chi connectivity index (χ1n) is 6.20. The van der Waals surface area contributed by atoms with Crippen LogP contribution in [0.5, 0.6) is 5.75 Å². The van der Waals surface area contributed by atoms with E-state index in [1.54, 1.807) is 0 Å². The molecule has 0 aromatic heterocycles. The lowest BCUT2D eigenvalue weighted by atomic mass is 9.93. The lowest BCUT2D eigenvalue weighted by Gasteiger charge is -2.24. The molecule has 1 atom stereocenters. The predicted octanol–water partition coefficient (Wildman–Crippen LogP) is 2.69. The summed E-state index contributed by atoms with van der Waals surface area (Å²) in [7, 11) is 0. The van der Waals surface area contributed by atoms with Gasteiger partial charge < -0.3 is 10.4 Å². The van der Waals surface area contributed by atoms with Crippen molar-refractivity contribution in [2.24, 2.45) is 0 Å². The molecule has 88 valence electrons.